The Labute approximate surface area is 212 Å². The first-order valence-electron chi connectivity index (χ1n) is 11.9. The molecular weight excluding hydrogens is 462 g/mol. The third kappa shape index (κ3) is 6.37. The molecule has 0 saturated heterocycles. The van der Waals surface area contributed by atoms with E-state index in [1.807, 2.05) is 68.9 Å². The van der Waals surface area contributed by atoms with E-state index < -0.39 is 11.6 Å². The molecule has 10 heteroatoms. The standard InChI is InChI=1S/C26H37N5O5/c1-26(2,3)27-25(33)30(13-14-34-5)17-24(32)31-22(16-20(28-31)21-9-8-12-29(21)4)19-15-18(35-6)10-11-23(19)36-7/h8-12,15,22H,13-14,16-17H2,1-7H3,(H,27,33)/t22-/m0/s1. The summed E-state index contributed by atoms with van der Waals surface area (Å²) in [5.41, 5.74) is 2.01. The van der Waals surface area contributed by atoms with Crippen molar-refractivity contribution < 1.29 is 23.8 Å². The molecule has 10 nitrogen and oxygen atoms in total. The fourth-order valence-corrected chi connectivity index (χ4v) is 4.09. The van der Waals surface area contributed by atoms with Gasteiger partial charge >= 0.3 is 6.03 Å². The summed E-state index contributed by atoms with van der Waals surface area (Å²) in [5, 5.41) is 9.13. The summed E-state index contributed by atoms with van der Waals surface area (Å²) in [6.07, 6.45) is 2.42. The van der Waals surface area contributed by atoms with Crippen molar-refractivity contribution in [2.75, 3.05) is 41.0 Å². The van der Waals surface area contributed by atoms with Crippen LogP contribution in [-0.4, -0.2) is 78.7 Å². The summed E-state index contributed by atoms with van der Waals surface area (Å²) in [6.45, 7) is 6.09. The molecule has 1 aliphatic heterocycles. The first-order valence-corrected chi connectivity index (χ1v) is 11.9. The largest absolute Gasteiger partial charge is 0.497 e. The van der Waals surface area contributed by atoms with Crippen LogP contribution in [0.15, 0.2) is 41.6 Å². The second-order valence-corrected chi connectivity index (χ2v) is 9.71. The molecule has 0 bridgehead atoms. The Kier molecular flexibility index (Phi) is 8.62. The van der Waals surface area contributed by atoms with E-state index in [1.54, 1.807) is 21.3 Å². The number of hydrogen-bond donors (Lipinski definition) is 1. The van der Waals surface area contributed by atoms with E-state index in [2.05, 4.69) is 5.32 Å². The third-order valence-corrected chi connectivity index (χ3v) is 5.86. The van der Waals surface area contributed by atoms with Gasteiger partial charge in [0.1, 0.15) is 18.0 Å². The summed E-state index contributed by atoms with van der Waals surface area (Å²) in [6, 6.07) is 8.63. The van der Waals surface area contributed by atoms with Crippen LogP contribution in [0.3, 0.4) is 0 Å². The number of aromatic nitrogens is 1. The smallest absolute Gasteiger partial charge is 0.318 e. The molecule has 0 fully saturated rings. The summed E-state index contributed by atoms with van der Waals surface area (Å²) < 4.78 is 18.2. The number of nitrogens with zero attached hydrogens (tertiary/aromatic N) is 4. The second kappa shape index (κ2) is 11.5. The lowest BCUT2D eigenvalue weighted by atomic mass is 9.99. The van der Waals surface area contributed by atoms with E-state index in [-0.39, 0.29) is 25.0 Å². The van der Waals surface area contributed by atoms with Gasteiger partial charge in [-0.1, -0.05) is 0 Å². The molecule has 1 aliphatic rings. The maximum Gasteiger partial charge on any atom is 0.318 e. The lowest BCUT2D eigenvalue weighted by Crippen LogP contribution is -2.52. The van der Waals surface area contributed by atoms with Crippen molar-refractivity contribution in [2.24, 2.45) is 12.1 Å². The summed E-state index contributed by atoms with van der Waals surface area (Å²) in [5.74, 6) is 0.967. The van der Waals surface area contributed by atoms with Gasteiger partial charge in [-0.2, -0.15) is 5.10 Å². The average molecular weight is 500 g/mol. The van der Waals surface area contributed by atoms with Gasteiger partial charge < -0.3 is 29.0 Å². The number of rotatable bonds is 9. The zero-order chi connectivity index (χ0) is 26.5. The fraction of sp³-hybridized carbons (Fsp3) is 0.500. The number of carbonyl (C=O) groups is 2. The van der Waals surface area contributed by atoms with Gasteiger partial charge in [0.2, 0.25) is 0 Å². The van der Waals surface area contributed by atoms with Crippen molar-refractivity contribution in [3.05, 3.63) is 47.8 Å². The number of hydrogen-bond acceptors (Lipinski definition) is 6. The Bertz CT molecular complexity index is 1100. The summed E-state index contributed by atoms with van der Waals surface area (Å²) >= 11 is 0. The number of hydrazone groups is 1. The Balaban J connectivity index is 1.97. The first kappa shape index (κ1) is 27.1. The van der Waals surface area contributed by atoms with Gasteiger partial charge in [0.25, 0.3) is 5.91 Å². The van der Waals surface area contributed by atoms with Crippen molar-refractivity contribution in [3.8, 4) is 11.5 Å². The summed E-state index contributed by atoms with van der Waals surface area (Å²) in [7, 11) is 6.68. The van der Waals surface area contributed by atoms with Gasteiger partial charge in [-0.25, -0.2) is 9.80 Å². The maximum atomic E-state index is 13.7. The average Bonchev–Trinajstić information content (AvgIpc) is 3.46. The monoisotopic (exact) mass is 499 g/mol. The fourth-order valence-electron chi connectivity index (χ4n) is 4.09. The van der Waals surface area contributed by atoms with E-state index in [1.165, 1.54) is 9.91 Å². The summed E-state index contributed by atoms with van der Waals surface area (Å²) in [4.78, 5) is 28.1. The van der Waals surface area contributed by atoms with Crippen LogP contribution in [0.4, 0.5) is 4.79 Å². The van der Waals surface area contributed by atoms with Gasteiger partial charge in [0, 0.05) is 44.4 Å². The van der Waals surface area contributed by atoms with Crippen molar-refractivity contribution in [1.82, 2.24) is 19.8 Å². The number of aryl methyl sites for hydroxylation is 1. The van der Waals surface area contributed by atoms with E-state index in [0.717, 1.165) is 17.0 Å². The van der Waals surface area contributed by atoms with Gasteiger partial charge in [0.05, 0.1) is 38.3 Å². The molecule has 36 heavy (non-hydrogen) atoms. The SMILES string of the molecule is COCCN(CC(=O)N1N=C(c2cccn2C)C[C@H]1c1cc(OC)ccc1OC)C(=O)NC(C)(C)C. The van der Waals surface area contributed by atoms with Crippen molar-refractivity contribution in [3.63, 3.8) is 0 Å². The van der Waals surface area contributed by atoms with E-state index in [0.29, 0.717) is 24.5 Å². The van der Waals surface area contributed by atoms with Crippen molar-refractivity contribution >= 4 is 17.6 Å². The zero-order valence-electron chi connectivity index (χ0n) is 22.2. The highest BCUT2D eigenvalue weighted by Crippen LogP contribution is 2.39. The number of methoxy groups -OCH3 is 3. The highest BCUT2D eigenvalue weighted by atomic mass is 16.5. The van der Waals surface area contributed by atoms with Gasteiger partial charge in [-0.3, -0.25) is 4.79 Å². The third-order valence-electron chi connectivity index (χ3n) is 5.86. The first-order chi connectivity index (χ1) is 17.1. The molecule has 1 N–H and O–H groups in total. The molecule has 0 radical (unpaired) electrons. The molecule has 1 aromatic heterocycles. The number of amides is 3. The van der Waals surface area contributed by atoms with Crippen LogP contribution < -0.4 is 14.8 Å². The number of benzene rings is 1. The molecule has 0 unspecified atom stereocenters. The molecule has 196 valence electrons. The van der Waals surface area contributed by atoms with Crippen molar-refractivity contribution in [1.29, 1.82) is 0 Å². The van der Waals surface area contributed by atoms with Gasteiger partial charge in [0.15, 0.2) is 0 Å². The van der Waals surface area contributed by atoms with Crippen LogP contribution in [0.1, 0.15) is 44.5 Å². The van der Waals surface area contributed by atoms with Crippen LogP contribution in [0.5, 0.6) is 11.5 Å². The van der Waals surface area contributed by atoms with Crippen LogP contribution in [-0.2, 0) is 16.6 Å². The number of carbonyl (C=O) groups excluding carboxylic acids is 2. The normalized spacial score (nSPS) is 15.5. The van der Waals surface area contributed by atoms with E-state index in [4.69, 9.17) is 19.3 Å². The molecule has 2 heterocycles. The number of ether oxygens (including phenoxy) is 3. The number of urea groups is 1. The molecule has 0 spiro atoms. The van der Waals surface area contributed by atoms with E-state index in [9.17, 15) is 9.59 Å². The van der Waals surface area contributed by atoms with Crippen molar-refractivity contribution in [2.45, 2.75) is 38.8 Å². The molecule has 0 saturated carbocycles. The molecule has 1 atom stereocenters. The molecule has 2 aromatic rings. The Hall–Kier alpha value is -3.53. The molecule has 1 aromatic carbocycles. The molecule has 3 rings (SSSR count). The van der Waals surface area contributed by atoms with Crippen LogP contribution in [0.2, 0.25) is 0 Å². The minimum Gasteiger partial charge on any atom is -0.497 e. The van der Waals surface area contributed by atoms with Gasteiger partial charge in [-0.05, 0) is 51.1 Å². The maximum absolute atomic E-state index is 13.7. The second-order valence-electron chi connectivity index (χ2n) is 9.71. The predicted octanol–water partition coefficient (Wildman–Crippen LogP) is 3.18. The van der Waals surface area contributed by atoms with Crippen LogP contribution >= 0.6 is 0 Å². The minimum absolute atomic E-state index is 0.155. The molecule has 3 amide bonds. The molecular formula is C26H37N5O5. The quantitative estimate of drug-likeness (QED) is 0.572. The minimum atomic E-state index is -0.451. The lowest BCUT2D eigenvalue weighted by molar-refractivity contribution is -0.133. The highest BCUT2D eigenvalue weighted by molar-refractivity contribution is 6.02. The molecule has 0 aliphatic carbocycles. The van der Waals surface area contributed by atoms with Crippen LogP contribution in [0, 0.1) is 0 Å². The Morgan fingerprint density at radius 2 is 1.92 bits per heavy atom. The van der Waals surface area contributed by atoms with E-state index >= 15 is 0 Å². The lowest BCUT2D eigenvalue weighted by Gasteiger charge is -2.30. The zero-order valence-corrected chi connectivity index (χ0v) is 22.2. The number of nitrogens with one attached hydrogen (secondary N) is 1. The Morgan fingerprint density at radius 1 is 1.17 bits per heavy atom. The predicted molar refractivity (Wildman–Crippen MR) is 137 cm³/mol. The topological polar surface area (TPSA) is 97.6 Å². The van der Waals surface area contributed by atoms with Crippen LogP contribution in [0.25, 0.3) is 0 Å². The Morgan fingerprint density at radius 3 is 2.50 bits per heavy atom. The highest BCUT2D eigenvalue weighted by Gasteiger charge is 2.37. The van der Waals surface area contributed by atoms with Gasteiger partial charge in [-0.15, -0.1) is 0 Å².